The number of benzene rings is 4. The third-order valence-corrected chi connectivity index (χ3v) is 9.76. The number of anilines is 1. The monoisotopic (exact) mass is 665 g/mol. The number of sulfonamides is 1. The molecule has 0 spiro atoms. The van der Waals surface area contributed by atoms with Crippen LogP contribution in [-0.2, 0) is 32.6 Å². The highest BCUT2D eigenvalue weighted by Crippen LogP contribution is 2.31. The summed E-state index contributed by atoms with van der Waals surface area (Å²) in [7, 11) is -4.24. The lowest BCUT2D eigenvalue weighted by Gasteiger charge is -2.34. The van der Waals surface area contributed by atoms with Gasteiger partial charge in [-0.3, -0.25) is 13.9 Å². The van der Waals surface area contributed by atoms with Crippen LogP contribution in [0.1, 0.15) is 30.5 Å². The van der Waals surface area contributed by atoms with Crippen molar-refractivity contribution in [2.75, 3.05) is 17.4 Å². The molecule has 0 aliphatic rings. The molecule has 10 heteroatoms. The quantitative estimate of drug-likeness (QED) is 0.168. The molecule has 0 saturated carbocycles. The Hall–Kier alpha value is -3.85. The van der Waals surface area contributed by atoms with E-state index < -0.39 is 28.5 Å². The van der Waals surface area contributed by atoms with Gasteiger partial charge in [0.1, 0.15) is 12.6 Å². The number of nitrogens with one attached hydrogen (secondary N) is 1. The lowest BCUT2D eigenvalue weighted by atomic mass is 10.0. The fourth-order valence-electron chi connectivity index (χ4n) is 4.76. The minimum Gasteiger partial charge on any atom is -0.354 e. The first kappa shape index (κ1) is 34.0. The van der Waals surface area contributed by atoms with Crippen LogP contribution in [-0.4, -0.2) is 44.3 Å². The first-order valence-corrected chi connectivity index (χ1v) is 16.8. The maximum atomic E-state index is 14.5. The number of halogens is 2. The molecule has 0 saturated heterocycles. The zero-order chi connectivity index (χ0) is 32.6. The van der Waals surface area contributed by atoms with Gasteiger partial charge in [0, 0.05) is 19.5 Å². The van der Waals surface area contributed by atoms with Gasteiger partial charge in [0.25, 0.3) is 10.0 Å². The Labute approximate surface area is 275 Å². The van der Waals surface area contributed by atoms with Crippen LogP contribution >= 0.6 is 23.2 Å². The minimum atomic E-state index is -4.24. The maximum absolute atomic E-state index is 14.5. The van der Waals surface area contributed by atoms with Gasteiger partial charge in [0.2, 0.25) is 11.8 Å². The zero-order valence-corrected chi connectivity index (χ0v) is 27.8. The maximum Gasteiger partial charge on any atom is 0.264 e. The molecule has 0 unspecified atom stereocenters. The molecule has 0 radical (unpaired) electrons. The van der Waals surface area contributed by atoms with E-state index in [1.807, 2.05) is 81.4 Å². The van der Waals surface area contributed by atoms with E-state index in [0.717, 1.165) is 21.0 Å². The van der Waals surface area contributed by atoms with Crippen molar-refractivity contribution in [3.63, 3.8) is 0 Å². The fourth-order valence-corrected chi connectivity index (χ4v) is 6.46. The van der Waals surface area contributed by atoms with E-state index in [4.69, 9.17) is 23.2 Å². The summed E-state index contributed by atoms with van der Waals surface area (Å²) in [6.07, 6.45) is 0.237. The molecule has 0 aromatic heterocycles. The van der Waals surface area contributed by atoms with E-state index in [9.17, 15) is 18.0 Å². The number of carbonyl (C=O) groups is 2. The smallest absolute Gasteiger partial charge is 0.264 e. The van der Waals surface area contributed by atoms with Crippen LogP contribution < -0.4 is 9.62 Å². The van der Waals surface area contributed by atoms with Crippen LogP contribution in [0.15, 0.2) is 108 Å². The fraction of sp³-hybridized carbons (Fsp3) is 0.257. The third kappa shape index (κ3) is 9.10. The molecule has 7 nitrogen and oxygen atoms in total. The summed E-state index contributed by atoms with van der Waals surface area (Å²) < 4.78 is 29.3. The Balaban J connectivity index is 1.80. The van der Waals surface area contributed by atoms with Crippen molar-refractivity contribution in [3.05, 3.63) is 130 Å². The molecule has 4 aromatic rings. The van der Waals surface area contributed by atoms with Crippen LogP contribution in [0.2, 0.25) is 10.0 Å². The molecule has 0 heterocycles. The average molecular weight is 667 g/mol. The number of hydrogen-bond donors (Lipinski definition) is 1. The van der Waals surface area contributed by atoms with Crippen molar-refractivity contribution in [1.29, 1.82) is 0 Å². The normalized spacial score (nSPS) is 12.0. The molecule has 2 amide bonds. The van der Waals surface area contributed by atoms with Crippen LogP contribution in [0.4, 0.5) is 5.69 Å². The second-order valence-corrected chi connectivity index (χ2v) is 14.0. The summed E-state index contributed by atoms with van der Waals surface area (Å²) >= 11 is 12.5. The molecular weight excluding hydrogens is 629 g/mol. The van der Waals surface area contributed by atoms with E-state index in [1.165, 1.54) is 35.2 Å². The average Bonchev–Trinajstić information content (AvgIpc) is 3.02. The molecule has 45 heavy (non-hydrogen) atoms. The van der Waals surface area contributed by atoms with E-state index in [0.29, 0.717) is 6.54 Å². The summed E-state index contributed by atoms with van der Waals surface area (Å²) in [4.78, 5) is 29.8. The van der Waals surface area contributed by atoms with Gasteiger partial charge < -0.3 is 10.2 Å². The molecule has 0 fully saturated rings. The van der Waals surface area contributed by atoms with E-state index in [-0.39, 0.29) is 45.4 Å². The third-order valence-electron chi connectivity index (χ3n) is 7.23. The summed E-state index contributed by atoms with van der Waals surface area (Å²) in [5.41, 5.74) is 2.71. The van der Waals surface area contributed by atoms with Crippen LogP contribution in [0, 0.1) is 12.8 Å². The number of amides is 2. The van der Waals surface area contributed by atoms with Crippen LogP contribution in [0.5, 0.6) is 0 Å². The first-order chi connectivity index (χ1) is 21.5. The molecule has 0 aliphatic carbocycles. The number of carbonyl (C=O) groups excluding carboxylic acids is 2. The van der Waals surface area contributed by atoms with Gasteiger partial charge in [0.15, 0.2) is 0 Å². The Morgan fingerprint density at radius 2 is 1.40 bits per heavy atom. The predicted octanol–water partition coefficient (Wildman–Crippen LogP) is 6.91. The molecule has 1 N–H and O–H groups in total. The minimum absolute atomic E-state index is 0.0112. The standard InChI is InChI=1S/C35H37Cl2N3O4S/c1-25(2)22-38-35(42)33(20-27-10-6-4-7-11-27)39(23-28-12-8-5-9-13-28)34(41)24-40(29-16-19-31(36)32(37)21-29)45(43,44)30-17-14-26(3)15-18-30/h4-19,21,25,33H,20,22-24H2,1-3H3,(H,38,42)/t33-/m0/s1. The van der Waals surface area contributed by atoms with Gasteiger partial charge >= 0.3 is 0 Å². The largest absolute Gasteiger partial charge is 0.354 e. The van der Waals surface area contributed by atoms with Crippen LogP contribution in [0.3, 0.4) is 0 Å². The molecule has 0 bridgehead atoms. The lowest BCUT2D eigenvalue weighted by Crippen LogP contribution is -2.53. The van der Waals surface area contributed by atoms with Gasteiger partial charge in [0.05, 0.1) is 20.6 Å². The van der Waals surface area contributed by atoms with Crippen molar-refractivity contribution in [2.24, 2.45) is 5.92 Å². The second kappa shape index (κ2) is 15.4. The summed E-state index contributed by atoms with van der Waals surface area (Å²) in [6, 6.07) is 28.6. The lowest BCUT2D eigenvalue weighted by molar-refractivity contribution is -0.140. The Morgan fingerprint density at radius 3 is 1.98 bits per heavy atom. The molecule has 1 atom stereocenters. The zero-order valence-electron chi connectivity index (χ0n) is 25.5. The summed E-state index contributed by atoms with van der Waals surface area (Å²) in [5.74, 6) is -0.685. The molecule has 0 aliphatic heterocycles. The van der Waals surface area contributed by atoms with Crippen molar-refractivity contribution in [3.8, 4) is 0 Å². The Kier molecular flexibility index (Phi) is 11.7. The SMILES string of the molecule is Cc1ccc(S(=O)(=O)N(CC(=O)N(Cc2ccccc2)[C@@H](Cc2ccccc2)C(=O)NCC(C)C)c2ccc(Cl)c(Cl)c2)cc1. The van der Waals surface area contributed by atoms with Crippen molar-refractivity contribution < 1.29 is 18.0 Å². The molecule has 4 aromatic carbocycles. The highest BCUT2D eigenvalue weighted by molar-refractivity contribution is 7.92. The Bertz CT molecular complexity index is 1700. The predicted molar refractivity (Wildman–Crippen MR) is 181 cm³/mol. The van der Waals surface area contributed by atoms with Crippen LogP contribution in [0.25, 0.3) is 0 Å². The molecular formula is C35H37Cl2N3O4S. The van der Waals surface area contributed by atoms with Gasteiger partial charge in [-0.25, -0.2) is 8.42 Å². The summed E-state index contributed by atoms with van der Waals surface area (Å²) in [6.45, 7) is 5.77. The molecule has 236 valence electrons. The number of aryl methyl sites for hydroxylation is 1. The number of hydrogen-bond acceptors (Lipinski definition) is 4. The first-order valence-electron chi connectivity index (χ1n) is 14.6. The number of nitrogens with zero attached hydrogens (tertiary/aromatic N) is 2. The van der Waals surface area contributed by atoms with Crippen molar-refractivity contribution >= 4 is 50.7 Å². The Morgan fingerprint density at radius 1 is 0.800 bits per heavy atom. The van der Waals surface area contributed by atoms with E-state index in [2.05, 4.69) is 5.32 Å². The second-order valence-electron chi connectivity index (χ2n) is 11.3. The van der Waals surface area contributed by atoms with E-state index >= 15 is 0 Å². The highest BCUT2D eigenvalue weighted by atomic mass is 35.5. The van der Waals surface area contributed by atoms with Crippen molar-refractivity contribution in [1.82, 2.24) is 10.2 Å². The van der Waals surface area contributed by atoms with Crippen molar-refractivity contribution in [2.45, 2.75) is 44.7 Å². The van der Waals surface area contributed by atoms with Gasteiger partial charge in [-0.15, -0.1) is 0 Å². The summed E-state index contributed by atoms with van der Waals surface area (Å²) in [5, 5.41) is 3.37. The van der Waals surface area contributed by atoms with Gasteiger partial charge in [-0.05, 0) is 54.3 Å². The number of rotatable bonds is 13. The van der Waals surface area contributed by atoms with Gasteiger partial charge in [-0.1, -0.05) is 115 Å². The molecule has 4 rings (SSSR count). The topological polar surface area (TPSA) is 86.8 Å². The van der Waals surface area contributed by atoms with Gasteiger partial charge in [-0.2, -0.15) is 0 Å². The highest BCUT2D eigenvalue weighted by Gasteiger charge is 2.34. The van der Waals surface area contributed by atoms with E-state index in [1.54, 1.807) is 12.1 Å².